The molecule has 2 atom stereocenters. The maximum absolute atomic E-state index is 13.0. The van der Waals surface area contributed by atoms with Crippen LogP contribution >= 0.6 is 11.8 Å². The predicted molar refractivity (Wildman–Crippen MR) is 83.3 cm³/mol. The van der Waals surface area contributed by atoms with E-state index < -0.39 is 5.92 Å². The molecule has 4 nitrogen and oxygen atoms in total. The van der Waals surface area contributed by atoms with Gasteiger partial charge in [-0.3, -0.25) is 9.59 Å². The third-order valence-corrected chi connectivity index (χ3v) is 5.66. The van der Waals surface area contributed by atoms with Crippen molar-refractivity contribution >= 4 is 29.4 Å². The molecule has 108 valence electrons. The van der Waals surface area contributed by atoms with Crippen molar-refractivity contribution in [3.63, 3.8) is 0 Å². The van der Waals surface area contributed by atoms with Crippen molar-refractivity contribution in [2.45, 2.75) is 17.6 Å². The second kappa shape index (κ2) is 4.20. The first-order valence-electron chi connectivity index (χ1n) is 7.34. The maximum atomic E-state index is 13.0. The Kier molecular flexibility index (Phi) is 2.37. The molecule has 0 saturated heterocycles. The largest absolute Gasteiger partial charge is 0.321 e. The highest BCUT2D eigenvalue weighted by molar-refractivity contribution is 7.99. The molecule has 5 heteroatoms. The fourth-order valence-electron chi connectivity index (χ4n) is 3.73. The first kappa shape index (κ1) is 12.4. The smallest absolute Gasteiger partial charge is 0.173 e. The molecule has 1 aromatic carbocycles. The number of aromatic nitrogens is 2. The molecule has 0 spiro atoms. The van der Waals surface area contributed by atoms with E-state index in [-0.39, 0.29) is 17.5 Å². The Morgan fingerprint density at radius 3 is 2.73 bits per heavy atom. The van der Waals surface area contributed by atoms with Gasteiger partial charge in [0.05, 0.1) is 23.2 Å². The first-order chi connectivity index (χ1) is 10.8. The van der Waals surface area contributed by atoms with Crippen LogP contribution in [0.4, 0.5) is 0 Å². The third-order valence-electron chi connectivity index (χ3n) is 4.70. The quantitative estimate of drug-likeness (QED) is 0.751. The number of hydrogen-bond donors (Lipinski definition) is 0. The molecule has 22 heavy (non-hydrogen) atoms. The van der Waals surface area contributed by atoms with Gasteiger partial charge in [0, 0.05) is 23.4 Å². The van der Waals surface area contributed by atoms with E-state index in [1.54, 1.807) is 23.9 Å². The third kappa shape index (κ3) is 1.42. The van der Waals surface area contributed by atoms with Crippen molar-refractivity contribution < 1.29 is 9.59 Å². The fourth-order valence-corrected chi connectivity index (χ4v) is 4.69. The van der Waals surface area contributed by atoms with Crippen molar-refractivity contribution in [1.29, 1.82) is 0 Å². The summed E-state index contributed by atoms with van der Waals surface area (Å²) in [5, 5.41) is 0.967. The van der Waals surface area contributed by atoms with Crippen LogP contribution in [-0.2, 0) is 6.54 Å². The van der Waals surface area contributed by atoms with E-state index in [2.05, 4.69) is 9.55 Å². The summed E-state index contributed by atoms with van der Waals surface area (Å²) in [7, 11) is 0. The highest BCUT2D eigenvalue weighted by Crippen LogP contribution is 2.44. The lowest BCUT2D eigenvalue weighted by atomic mass is 9.70. The maximum Gasteiger partial charge on any atom is 0.173 e. The van der Waals surface area contributed by atoms with Crippen molar-refractivity contribution in [2.24, 2.45) is 5.92 Å². The fraction of sp³-hybridized carbons (Fsp3) is 0.235. The molecular formula is C17H12N2O2S. The highest BCUT2D eigenvalue weighted by atomic mass is 32.2. The standard InChI is InChI=1S/C17H12N2O2S/c20-15-9-3-1-2-4-10(9)16(21)13-11(15)5-6-12-14(13)19-7-8-22-17(19)18-12/h1-6,11,13H,7-8H2. The van der Waals surface area contributed by atoms with Crippen LogP contribution in [0.5, 0.6) is 0 Å². The zero-order chi connectivity index (χ0) is 14.8. The summed E-state index contributed by atoms with van der Waals surface area (Å²) in [4.78, 5) is 30.4. The Hall–Kier alpha value is -2.14. The van der Waals surface area contributed by atoms with Crippen LogP contribution in [0.25, 0.3) is 6.08 Å². The average Bonchev–Trinajstić information content (AvgIpc) is 3.12. The van der Waals surface area contributed by atoms with Crippen molar-refractivity contribution in [3.8, 4) is 0 Å². The van der Waals surface area contributed by atoms with Gasteiger partial charge in [-0.1, -0.05) is 42.1 Å². The van der Waals surface area contributed by atoms with E-state index >= 15 is 0 Å². The molecule has 2 unspecified atom stereocenters. The second-order valence-electron chi connectivity index (χ2n) is 5.80. The van der Waals surface area contributed by atoms with Crippen LogP contribution in [0.3, 0.4) is 0 Å². The number of nitrogens with zero attached hydrogens (tertiary/aromatic N) is 2. The molecule has 1 aromatic heterocycles. The van der Waals surface area contributed by atoms with E-state index in [0.29, 0.717) is 11.1 Å². The van der Waals surface area contributed by atoms with Gasteiger partial charge in [0.1, 0.15) is 0 Å². The molecule has 0 amide bonds. The molecule has 2 heterocycles. The van der Waals surface area contributed by atoms with Crippen LogP contribution in [0.1, 0.15) is 38.0 Å². The number of thioether (sulfide) groups is 1. The minimum absolute atomic E-state index is 0.0447. The van der Waals surface area contributed by atoms with Crippen molar-refractivity contribution in [3.05, 3.63) is 52.9 Å². The van der Waals surface area contributed by atoms with E-state index in [9.17, 15) is 9.59 Å². The van der Waals surface area contributed by atoms with Crippen LogP contribution in [-0.4, -0.2) is 26.9 Å². The monoisotopic (exact) mass is 308 g/mol. The van der Waals surface area contributed by atoms with Gasteiger partial charge in [-0.05, 0) is 6.08 Å². The zero-order valence-electron chi connectivity index (χ0n) is 11.7. The highest BCUT2D eigenvalue weighted by Gasteiger charge is 2.45. The number of imidazole rings is 1. The molecule has 5 rings (SSSR count). The van der Waals surface area contributed by atoms with E-state index in [1.165, 1.54) is 0 Å². The van der Waals surface area contributed by atoms with E-state index in [4.69, 9.17) is 0 Å². The lowest BCUT2D eigenvalue weighted by Crippen LogP contribution is -2.36. The number of carbonyl (C=O) groups is 2. The van der Waals surface area contributed by atoms with Gasteiger partial charge in [-0.15, -0.1) is 0 Å². The number of carbonyl (C=O) groups excluding carboxylic acids is 2. The lowest BCUT2D eigenvalue weighted by molar-refractivity contribution is 0.0815. The van der Waals surface area contributed by atoms with E-state index in [1.807, 2.05) is 24.3 Å². The number of fused-ring (bicyclic) bond motifs is 6. The second-order valence-corrected chi connectivity index (χ2v) is 6.86. The zero-order valence-corrected chi connectivity index (χ0v) is 12.5. The normalized spacial score (nSPS) is 24.7. The summed E-state index contributed by atoms with van der Waals surface area (Å²) in [6.07, 6.45) is 3.76. The van der Waals surface area contributed by atoms with Gasteiger partial charge >= 0.3 is 0 Å². The minimum atomic E-state index is -0.414. The van der Waals surface area contributed by atoms with Crippen molar-refractivity contribution in [1.82, 2.24) is 9.55 Å². The summed E-state index contributed by atoms with van der Waals surface area (Å²) in [5.74, 6) is 0.271. The first-order valence-corrected chi connectivity index (χ1v) is 8.33. The molecule has 0 saturated carbocycles. The Morgan fingerprint density at radius 1 is 1.14 bits per heavy atom. The summed E-state index contributed by atoms with van der Waals surface area (Å²) in [6.45, 7) is 0.864. The Morgan fingerprint density at radius 2 is 1.91 bits per heavy atom. The predicted octanol–water partition coefficient (Wildman–Crippen LogP) is 2.79. The number of hydrogen-bond acceptors (Lipinski definition) is 4. The summed E-state index contributed by atoms with van der Waals surface area (Å²) >= 11 is 1.71. The summed E-state index contributed by atoms with van der Waals surface area (Å²) < 4.78 is 2.13. The van der Waals surface area contributed by atoms with Gasteiger partial charge in [0.15, 0.2) is 16.7 Å². The minimum Gasteiger partial charge on any atom is -0.321 e. The Labute approximate surface area is 131 Å². The topological polar surface area (TPSA) is 52.0 Å². The number of benzene rings is 1. The van der Waals surface area contributed by atoms with Crippen LogP contribution in [0.15, 0.2) is 35.5 Å². The SMILES string of the molecule is O=C1c2ccccc2C(=O)C2c3c(nc4n3CCS4)C=CC12. The van der Waals surface area contributed by atoms with Gasteiger partial charge in [-0.25, -0.2) is 4.98 Å². The average molecular weight is 308 g/mol. The molecule has 0 N–H and O–H groups in total. The Bertz CT molecular complexity index is 881. The summed E-state index contributed by atoms with van der Waals surface area (Å²) in [5.41, 5.74) is 2.89. The lowest BCUT2D eigenvalue weighted by Gasteiger charge is -2.31. The molecule has 2 aliphatic carbocycles. The van der Waals surface area contributed by atoms with Crippen LogP contribution < -0.4 is 0 Å². The summed E-state index contributed by atoms with van der Waals surface area (Å²) in [6, 6.07) is 7.15. The van der Waals surface area contributed by atoms with Gasteiger partial charge in [0.2, 0.25) is 0 Å². The van der Waals surface area contributed by atoms with Crippen LogP contribution in [0.2, 0.25) is 0 Å². The van der Waals surface area contributed by atoms with Crippen LogP contribution in [0, 0.1) is 5.92 Å². The molecule has 3 aliphatic rings. The molecule has 1 aliphatic heterocycles. The Balaban J connectivity index is 1.77. The van der Waals surface area contributed by atoms with Gasteiger partial charge in [-0.2, -0.15) is 0 Å². The molecule has 0 radical (unpaired) electrons. The molecule has 0 bridgehead atoms. The number of ketones is 2. The van der Waals surface area contributed by atoms with Gasteiger partial charge in [0.25, 0.3) is 0 Å². The number of rotatable bonds is 0. The van der Waals surface area contributed by atoms with Crippen molar-refractivity contribution in [2.75, 3.05) is 5.75 Å². The van der Waals surface area contributed by atoms with Gasteiger partial charge < -0.3 is 4.57 Å². The molecule has 0 fully saturated rings. The molecule has 2 aromatic rings. The number of allylic oxidation sites excluding steroid dienone is 1. The number of Topliss-reactive ketones (excluding diaryl/α,β-unsaturated/α-hetero) is 2. The van der Waals surface area contributed by atoms with E-state index in [0.717, 1.165) is 28.8 Å². The molecular weight excluding hydrogens is 296 g/mol.